The second-order valence-corrected chi connectivity index (χ2v) is 9.64. The number of nitrogens with zero attached hydrogens (tertiary/aromatic N) is 1. The normalized spacial score (nSPS) is 17.5. The van der Waals surface area contributed by atoms with Crippen molar-refractivity contribution in [1.29, 1.82) is 0 Å². The lowest BCUT2D eigenvalue weighted by atomic mass is 10.0. The third-order valence-electron chi connectivity index (χ3n) is 3.75. The van der Waals surface area contributed by atoms with Gasteiger partial charge in [0.15, 0.2) is 0 Å². The predicted octanol–water partition coefficient (Wildman–Crippen LogP) is 1.67. The fourth-order valence-corrected chi connectivity index (χ4v) is 4.21. The molecule has 0 aromatic heterocycles. The average Bonchev–Trinajstić information content (AvgIpc) is 2.44. The number of nitrogens with one attached hydrogen (secondary N) is 1. The molecule has 1 aromatic rings. The number of rotatable bonds is 6. The third kappa shape index (κ3) is 3.83. The van der Waals surface area contributed by atoms with Crippen molar-refractivity contribution < 1.29 is 30.0 Å². The first kappa shape index (κ1) is 19.0. The van der Waals surface area contributed by atoms with Crippen LogP contribution >= 0.6 is 0 Å². The van der Waals surface area contributed by atoms with Crippen molar-refractivity contribution in [3.05, 3.63) is 24.3 Å². The van der Waals surface area contributed by atoms with Gasteiger partial charge in [0.05, 0.1) is 10.6 Å². The Morgan fingerprint density at radius 1 is 1.12 bits per heavy atom. The van der Waals surface area contributed by atoms with E-state index in [-0.39, 0.29) is 11.7 Å². The number of alkyl halides is 3. The lowest BCUT2D eigenvalue weighted by molar-refractivity contribution is -0.0436. The van der Waals surface area contributed by atoms with Crippen molar-refractivity contribution >= 4 is 25.5 Å². The van der Waals surface area contributed by atoms with E-state index < -0.39 is 30.3 Å². The predicted molar refractivity (Wildman–Crippen MR) is 82.7 cm³/mol. The molecule has 0 bridgehead atoms. The summed E-state index contributed by atoms with van der Waals surface area (Å²) in [4.78, 5) is -0.815. The lowest BCUT2D eigenvalue weighted by Crippen LogP contribution is -2.52. The maximum absolute atomic E-state index is 12.4. The van der Waals surface area contributed by atoms with Gasteiger partial charge in [0.2, 0.25) is 10.0 Å². The molecule has 0 unspecified atom stereocenters. The molecule has 2 rings (SSSR count). The Balaban J connectivity index is 1.91. The number of anilines is 1. The molecule has 1 saturated heterocycles. The Morgan fingerprint density at radius 2 is 1.67 bits per heavy atom. The van der Waals surface area contributed by atoms with Crippen molar-refractivity contribution in [2.75, 3.05) is 30.7 Å². The van der Waals surface area contributed by atoms with Crippen LogP contribution in [0.2, 0.25) is 0 Å². The molecule has 24 heavy (non-hydrogen) atoms. The van der Waals surface area contributed by atoms with Gasteiger partial charge in [0, 0.05) is 31.2 Å². The third-order valence-corrected chi connectivity index (χ3v) is 7.06. The highest BCUT2D eigenvalue weighted by Gasteiger charge is 2.46. The first-order valence-corrected chi connectivity index (χ1v) is 10.2. The minimum atomic E-state index is -5.35. The van der Waals surface area contributed by atoms with E-state index in [0.29, 0.717) is 25.3 Å². The van der Waals surface area contributed by atoms with Crippen LogP contribution in [0.5, 0.6) is 0 Å². The Labute approximate surface area is 138 Å². The summed E-state index contributed by atoms with van der Waals surface area (Å²) in [5.74, 6) is 0.146. The van der Waals surface area contributed by atoms with Crippen LogP contribution in [0, 0.1) is 5.92 Å². The Bertz CT molecular complexity index is 784. The largest absolute Gasteiger partial charge is 0.501 e. The first-order valence-electron chi connectivity index (χ1n) is 7.10. The van der Waals surface area contributed by atoms with Gasteiger partial charge in [-0.15, -0.1) is 0 Å². The molecule has 0 saturated carbocycles. The summed E-state index contributed by atoms with van der Waals surface area (Å²) in [6.45, 7) is 2.80. The van der Waals surface area contributed by atoms with Crippen molar-refractivity contribution in [2.45, 2.75) is 17.3 Å². The first-order chi connectivity index (χ1) is 11.0. The molecule has 0 aliphatic carbocycles. The summed E-state index contributed by atoms with van der Waals surface area (Å²) >= 11 is 0. The maximum atomic E-state index is 12.4. The fraction of sp³-hybridized carbons (Fsp3) is 0.538. The zero-order valence-corrected chi connectivity index (χ0v) is 14.4. The van der Waals surface area contributed by atoms with Crippen LogP contribution in [-0.2, 0) is 19.9 Å². The van der Waals surface area contributed by atoms with Gasteiger partial charge in [-0.1, -0.05) is 0 Å². The van der Waals surface area contributed by atoms with E-state index in [9.17, 15) is 30.0 Å². The fourth-order valence-electron chi connectivity index (χ4n) is 2.21. The zero-order chi connectivity index (χ0) is 18.2. The van der Waals surface area contributed by atoms with Crippen molar-refractivity contribution in [3.63, 3.8) is 0 Å². The van der Waals surface area contributed by atoms with Crippen LogP contribution in [0.15, 0.2) is 29.2 Å². The van der Waals surface area contributed by atoms with Gasteiger partial charge in [0.1, 0.15) is 0 Å². The van der Waals surface area contributed by atoms with E-state index in [1.165, 1.54) is 16.4 Å². The van der Waals surface area contributed by atoms with E-state index in [0.717, 1.165) is 12.1 Å². The van der Waals surface area contributed by atoms with Gasteiger partial charge >= 0.3 is 5.51 Å². The van der Waals surface area contributed by atoms with Crippen molar-refractivity contribution in [1.82, 2.24) is 4.31 Å². The molecule has 0 spiro atoms. The van der Waals surface area contributed by atoms with Crippen LogP contribution < -0.4 is 5.32 Å². The molecular formula is C13H17F3N2O4S2. The smallest absolute Gasteiger partial charge is 0.385 e. The van der Waals surface area contributed by atoms with Gasteiger partial charge in [-0.05, 0) is 31.2 Å². The molecule has 1 N–H and O–H groups in total. The highest BCUT2D eigenvalue weighted by molar-refractivity contribution is 7.92. The molecule has 1 aliphatic rings. The van der Waals surface area contributed by atoms with Gasteiger partial charge in [-0.2, -0.15) is 13.2 Å². The standard InChI is InChI=1S/C13H17F3N2O4S2/c1-2-23(19,20)18-8-10(9-18)7-17-11-3-5-12(6-4-11)24(21,22)13(14,15)16/h3-6,10,17H,2,7-9H2,1H3. The van der Waals surface area contributed by atoms with Crippen molar-refractivity contribution in [3.8, 4) is 0 Å². The number of sulfone groups is 1. The van der Waals surface area contributed by atoms with Gasteiger partial charge in [-0.25, -0.2) is 21.1 Å². The van der Waals surface area contributed by atoms with Gasteiger partial charge in [0.25, 0.3) is 9.84 Å². The summed E-state index contributed by atoms with van der Waals surface area (Å²) in [7, 11) is -8.53. The van der Waals surface area contributed by atoms with Crippen LogP contribution in [-0.4, -0.2) is 52.0 Å². The van der Waals surface area contributed by atoms with Gasteiger partial charge < -0.3 is 5.32 Å². The molecule has 1 heterocycles. The number of hydrogen-bond donors (Lipinski definition) is 1. The van der Waals surface area contributed by atoms with Crippen molar-refractivity contribution in [2.24, 2.45) is 5.92 Å². The molecule has 136 valence electrons. The summed E-state index contributed by atoms with van der Waals surface area (Å²) in [5, 5.41) is 2.96. The molecule has 0 atom stereocenters. The molecule has 0 radical (unpaired) electrons. The maximum Gasteiger partial charge on any atom is 0.501 e. The summed E-state index contributed by atoms with van der Waals surface area (Å²) in [5.41, 5.74) is -4.87. The minimum absolute atomic E-state index is 0.0439. The Morgan fingerprint density at radius 3 is 2.12 bits per heavy atom. The van der Waals surface area contributed by atoms with Crippen LogP contribution in [0.4, 0.5) is 18.9 Å². The lowest BCUT2D eigenvalue weighted by Gasteiger charge is -2.38. The molecule has 11 heteroatoms. The van der Waals surface area contributed by atoms with E-state index in [2.05, 4.69) is 5.32 Å². The quantitative estimate of drug-likeness (QED) is 0.804. The second-order valence-electron chi connectivity index (χ2n) is 5.44. The van der Waals surface area contributed by atoms with E-state index in [1.54, 1.807) is 6.92 Å². The summed E-state index contributed by atoms with van der Waals surface area (Å²) < 4.78 is 84.3. The van der Waals surface area contributed by atoms with Crippen LogP contribution in [0.1, 0.15) is 6.92 Å². The topological polar surface area (TPSA) is 83.6 Å². The highest BCUT2D eigenvalue weighted by Crippen LogP contribution is 2.30. The minimum Gasteiger partial charge on any atom is -0.385 e. The van der Waals surface area contributed by atoms with E-state index >= 15 is 0 Å². The van der Waals surface area contributed by atoms with Crippen LogP contribution in [0.25, 0.3) is 0 Å². The summed E-state index contributed by atoms with van der Waals surface area (Å²) in [6.07, 6.45) is 0. The molecule has 0 amide bonds. The average molecular weight is 386 g/mol. The van der Waals surface area contributed by atoms with Gasteiger partial charge in [-0.3, -0.25) is 0 Å². The van der Waals surface area contributed by atoms with Crippen LogP contribution in [0.3, 0.4) is 0 Å². The molecule has 1 aliphatic heterocycles. The number of halogens is 3. The molecule has 1 aromatic carbocycles. The molecular weight excluding hydrogens is 369 g/mol. The van der Waals surface area contributed by atoms with E-state index in [1.807, 2.05) is 0 Å². The Kier molecular flexibility index (Phi) is 5.17. The molecule has 6 nitrogen and oxygen atoms in total. The number of sulfonamides is 1. The SMILES string of the molecule is CCS(=O)(=O)N1CC(CNc2ccc(S(=O)(=O)C(F)(F)F)cc2)C1. The zero-order valence-electron chi connectivity index (χ0n) is 12.7. The molecule has 1 fully saturated rings. The highest BCUT2D eigenvalue weighted by atomic mass is 32.2. The monoisotopic (exact) mass is 386 g/mol. The number of hydrogen-bond acceptors (Lipinski definition) is 5. The summed E-state index contributed by atoms with van der Waals surface area (Å²) in [6, 6.07) is 4.27. The van der Waals surface area contributed by atoms with E-state index in [4.69, 9.17) is 0 Å². The Hall–Kier alpha value is -1.33. The second kappa shape index (κ2) is 6.52. The number of benzene rings is 1.